The lowest BCUT2D eigenvalue weighted by Crippen LogP contribution is -2.37. The minimum absolute atomic E-state index is 0.139. The summed E-state index contributed by atoms with van der Waals surface area (Å²) in [5.74, 6) is -0.355. The summed E-state index contributed by atoms with van der Waals surface area (Å²) in [5, 5.41) is 6.19. The Morgan fingerprint density at radius 3 is 2.88 bits per heavy atom. The number of nitrogens with one attached hydrogen (secondary N) is 2. The van der Waals surface area contributed by atoms with Crippen LogP contribution in [0.15, 0.2) is 52.2 Å². The second kappa shape index (κ2) is 9.14. The Bertz CT molecular complexity index is 696. The van der Waals surface area contributed by atoms with Crippen molar-refractivity contribution in [1.82, 2.24) is 10.7 Å². The minimum Gasteiger partial charge on any atom is -0.494 e. The maximum Gasteiger partial charge on any atom is 0.329 e. The van der Waals surface area contributed by atoms with E-state index < -0.39 is 11.8 Å². The van der Waals surface area contributed by atoms with E-state index in [9.17, 15) is 9.59 Å². The van der Waals surface area contributed by atoms with Crippen molar-refractivity contribution < 1.29 is 18.7 Å². The van der Waals surface area contributed by atoms with E-state index >= 15 is 0 Å². The topological polar surface area (TPSA) is 92.9 Å². The van der Waals surface area contributed by atoms with E-state index in [2.05, 4.69) is 15.8 Å². The highest BCUT2D eigenvalue weighted by molar-refractivity contribution is 6.35. The third-order valence-corrected chi connectivity index (χ3v) is 2.92. The van der Waals surface area contributed by atoms with Gasteiger partial charge in [0, 0.05) is 0 Å². The normalized spacial score (nSPS) is 10.5. The summed E-state index contributed by atoms with van der Waals surface area (Å²) in [6, 6.07) is 10.7. The molecule has 1 aromatic carbocycles. The Kier molecular flexibility index (Phi) is 6.58. The van der Waals surface area contributed by atoms with Gasteiger partial charge in [-0.25, -0.2) is 5.43 Å². The zero-order valence-electron chi connectivity index (χ0n) is 13.3. The van der Waals surface area contributed by atoms with Gasteiger partial charge in [0.25, 0.3) is 0 Å². The number of hydrogen-bond acceptors (Lipinski definition) is 5. The third kappa shape index (κ3) is 5.60. The lowest BCUT2D eigenvalue weighted by molar-refractivity contribution is -0.139. The van der Waals surface area contributed by atoms with Crippen LogP contribution in [0.25, 0.3) is 0 Å². The third-order valence-electron chi connectivity index (χ3n) is 2.92. The first-order valence-electron chi connectivity index (χ1n) is 7.55. The van der Waals surface area contributed by atoms with Gasteiger partial charge >= 0.3 is 11.8 Å². The van der Waals surface area contributed by atoms with Crippen molar-refractivity contribution in [3.05, 3.63) is 54.0 Å². The van der Waals surface area contributed by atoms with Gasteiger partial charge < -0.3 is 14.5 Å². The molecule has 0 spiro atoms. The molecule has 7 nitrogen and oxygen atoms in total. The number of hydrazone groups is 1. The molecule has 0 atom stereocenters. The van der Waals surface area contributed by atoms with Gasteiger partial charge in [-0.15, -0.1) is 0 Å². The van der Waals surface area contributed by atoms with Gasteiger partial charge in [0.1, 0.15) is 11.5 Å². The van der Waals surface area contributed by atoms with E-state index in [1.165, 1.54) is 12.5 Å². The molecule has 2 rings (SSSR count). The minimum atomic E-state index is -0.851. The first-order valence-corrected chi connectivity index (χ1v) is 7.55. The fourth-order valence-corrected chi connectivity index (χ4v) is 1.78. The summed E-state index contributed by atoms with van der Waals surface area (Å²) in [6.07, 6.45) is 3.85. The first-order chi connectivity index (χ1) is 11.7. The summed E-state index contributed by atoms with van der Waals surface area (Å²) in [4.78, 5) is 23.2. The predicted octanol–water partition coefficient (Wildman–Crippen LogP) is 1.83. The Labute approximate surface area is 139 Å². The number of benzene rings is 1. The summed E-state index contributed by atoms with van der Waals surface area (Å²) in [6.45, 7) is 2.80. The number of furan rings is 1. The monoisotopic (exact) mass is 329 g/mol. The fourth-order valence-electron chi connectivity index (χ4n) is 1.78. The maximum absolute atomic E-state index is 11.6. The van der Waals surface area contributed by atoms with Gasteiger partial charge in [-0.05, 0) is 36.2 Å². The molecule has 0 radical (unpaired) electrons. The van der Waals surface area contributed by atoms with Gasteiger partial charge in [0.15, 0.2) is 0 Å². The molecule has 1 aromatic heterocycles. The molecule has 0 saturated carbocycles. The maximum atomic E-state index is 11.6. The van der Waals surface area contributed by atoms with E-state index in [4.69, 9.17) is 9.15 Å². The van der Waals surface area contributed by atoms with E-state index in [1.807, 2.05) is 25.1 Å². The van der Waals surface area contributed by atoms with Crippen molar-refractivity contribution in [2.75, 3.05) is 6.61 Å². The van der Waals surface area contributed by atoms with E-state index in [0.29, 0.717) is 12.4 Å². The second-order valence-corrected chi connectivity index (χ2v) is 4.88. The molecule has 2 amide bonds. The van der Waals surface area contributed by atoms with Gasteiger partial charge in [-0.1, -0.05) is 19.1 Å². The number of amides is 2. The van der Waals surface area contributed by atoms with E-state index in [1.54, 1.807) is 18.2 Å². The van der Waals surface area contributed by atoms with Crippen LogP contribution in [0, 0.1) is 0 Å². The molecular weight excluding hydrogens is 310 g/mol. The standard InChI is InChI=1S/C17H19N3O4/c1-2-8-23-14-6-3-5-13(10-14)11-19-20-17(22)16(21)18-12-15-7-4-9-24-15/h3-7,9-11H,2,8,12H2,1H3,(H,18,21)(H,20,22)/b19-11-. The second-order valence-electron chi connectivity index (χ2n) is 4.88. The van der Waals surface area contributed by atoms with Crippen LogP contribution in [0.1, 0.15) is 24.7 Å². The highest BCUT2D eigenvalue weighted by atomic mass is 16.5. The summed E-state index contributed by atoms with van der Waals surface area (Å²) < 4.78 is 10.6. The number of carbonyl (C=O) groups is 2. The van der Waals surface area contributed by atoms with E-state index in [0.717, 1.165) is 17.7 Å². The van der Waals surface area contributed by atoms with Crippen LogP contribution in [0.4, 0.5) is 0 Å². The predicted molar refractivity (Wildman–Crippen MR) is 88.5 cm³/mol. The number of nitrogens with zero attached hydrogens (tertiary/aromatic N) is 1. The Hall–Kier alpha value is -3.09. The molecule has 24 heavy (non-hydrogen) atoms. The highest BCUT2D eigenvalue weighted by Gasteiger charge is 2.12. The van der Waals surface area contributed by atoms with Crippen molar-refractivity contribution in [2.45, 2.75) is 19.9 Å². The van der Waals surface area contributed by atoms with Crippen LogP contribution in [-0.4, -0.2) is 24.6 Å². The van der Waals surface area contributed by atoms with Crippen LogP contribution in [0.5, 0.6) is 5.75 Å². The molecule has 126 valence electrons. The Balaban J connectivity index is 1.79. The molecule has 0 aliphatic carbocycles. The van der Waals surface area contributed by atoms with Crippen LogP contribution in [0.2, 0.25) is 0 Å². The average molecular weight is 329 g/mol. The summed E-state index contributed by atoms with van der Waals surface area (Å²) in [7, 11) is 0. The van der Waals surface area contributed by atoms with Crippen molar-refractivity contribution in [3.63, 3.8) is 0 Å². The van der Waals surface area contributed by atoms with Crippen molar-refractivity contribution >= 4 is 18.0 Å². The Morgan fingerprint density at radius 2 is 2.12 bits per heavy atom. The summed E-state index contributed by atoms with van der Waals surface area (Å²) in [5.41, 5.74) is 2.92. The van der Waals surface area contributed by atoms with Gasteiger partial charge in [0.05, 0.1) is 25.6 Å². The molecule has 0 fully saturated rings. The smallest absolute Gasteiger partial charge is 0.329 e. The van der Waals surface area contributed by atoms with Gasteiger partial charge in [0.2, 0.25) is 0 Å². The van der Waals surface area contributed by atoms with Crippen LogP contribution >= 0.6 is 0 Å². The van der Waals surface area contributed by atoms with Crippen molar-refractivity contribution in [2.24, 2.45) is 5.10 Å². The summed E-state index contributed by atoms with van der Waals surface area (Å²) >= 11 is 0. The largest absolute Gasteiger partial charge is 0.494 e. The molecule has 1 heterocycles. The van der Waals surface area contributed by atoms with Gasteiger partial charge in [-0.3, -0.25) is 9.59 Å². The van der Waals surface area contributed by atoms with Gasteiger partial charge in [-0.2, -0.15) is 5.10 Å². The van der Waals surface area contributed by atoms with Crippen molar-refractivity contribution in [1.29, 1.82) is 0 Å². The molecule has 7 heteroatoms. The molecule has 2 aromatic rings. The molecular formula is C17H19N3O4. The Morgan fingerprint density at radius 1 is 1.25 bits per heavy atom. The number of hydrogen-bond donors (Lipinski definition) is 2. The molecule has 0 aliphatic rings. The quantitative estimate of drug-likeness (QED) is 0.460. The van der Waals surface area contributed by atoms with E-state index in [-0.39, 0.29) is 6.54 Å². The number of carbonyl (C=O) groups excluding carboxylic acids is 2. The molecule has 0 saturated heterocycles. The lowest BCUT2D eigenvalue weighted by atomic mass is 10.2. The molecule has 0 bridgehead atoms. The van der Waals surface area contributed by atoms with Crippen LogP contribution < -0.4 is 15.5 Å². The zero-order valence-corrected chi connectivity index (χ0v) is 13.3. The highest BCUT2D eigenvalue weighted by Crippen LogP contribution is 2.12. The molecule has 0 unspecified atom stereocenters. The lowest BCUT2D eigenvalue weighted by Gasteiger charge is -2.04. The van der Waals surface area contributed by atoms with Crippen molar-refractivity contribution in [3.8, 4) is 5.75 Å². The SMILES string of the molecule is CCCOc1cccc(/C=N\NC(=O)C(=O)NCc2ccco2)c1. The molecule has 0 aliphatic heterocycles. The number of rotatable bonds is 7. The molecule has 2 N–H and O–H groups in total. The van der Waals surface area contributed by atoms with Crippen LogP contribution in [-0.2, 0) is 16.1 Å². The first kappa shape index (κ1) is 17.3. The average Bonchev–Trinajstić information content (AvgIpc) is 3.11. The number of ether oxygens (including phenoxy) is 1. The fraction of sp³-hybridized carbons (Fsp3) is 0.235. The zero-order chi connectivity index (χ0) is 17.2. The van der Waals surface area contributed by atoms with Crippen LogP contribution in [0.3, 0.4) is 0 Å².